The number of hydrogen-bond donors (Lipinski definition) is 4. The van der Waals surface area contributed by atoms with Gasteiger partial charge in [0.2, 0.25) is 21.8 Å². The van der Waals surface area contributed by atoms with Crippen LogP contribution in [0.2, 0.25) is 0 Å². The first-order chi connectivity index (χ1) is 25.3. The summed E-state index contributed by atoms with van der Waals surface area (Å²) in [6.45, 7) is -0.572. The van der Waals surface area contributed by atoms with Crippen molar-refractivity contribution in [2.45, 2.75) is 74.9 Å². The highest BCUT2D eigenvalue weighted by Crippen LogP contribution is 2.29. The van der Waals surface area contributed by atoms with Crippen molar-refractivity contribution in [3.05, 3.63) is 78.6 Å². The number of amides is 2. The summed E-state index contributed by atoms with van der Waals surface area (Å²) in [7, 11) is -3.89. The molecule has 2 atom stereocenters. The number of anilines is 1. The molecule has 2 amide bonds. The monoisotopic (exact) mass is 762 g/mol. The van der Waals surface area contributed by atoms with Gasteiger partial charge in [-0.15, -0.1) is 0 Å². The maximum atomic E-state index is 13.8. The van der Waals surface area contributed by atoms with Crippen molar-refractivity contribution in [1.82, 2.24) is 15.0 Å². The van der Waals surface area contributed by atoms with E-state index in [0.29, 0.717) is 25.7 Å². The summed E-state index contributed by atoms with van der Waals surface area (Å²) < 4.78 is 64.8. The molecule has 286 valence electrons. The van der Waals surface area contributed by atoms with E-state index >= 15 is 0 Å². The molecule has 0 aliphatic heterocycles. The summed E-state index contributed by atoms with van der Waals surface area (Å²) in [5.74, 6) is -6.88. The van der Waals surface area contributed by atoms with Crippen LogP contribution in [0.3, 0.4) is 0 Å². The Kier molecular flexibility index (Phi) is 14.9. The zero-order chi connectivity index (χ0) is 38.4. The molecule has 1 saturated carbocycles. The van der Waals surface area contributed by atoms with E-state index in [-0.39, 0.29) is 29.5 Å². The average molecular weight is 763 g/mol. The second kappa shape index (κ2) is 19.3. The SMILES string of the molecule is O=C(CC(CCCc1ccc(-c2ccncc2)cc1)C(=O)NC(C(=O)Nc1ccc(S(=O)(=O)NCCO)cc1)C1CCCCC1)OOC(=O)C(F)(F)F. The zero-order valence-corrected chi connectivity index (χ0v) is 29.5. The van der Waals surface area contributed by atoms with Gasteiger partial charge in [0.15, 0.2) is 0 Å². The number of sulfonamides is 1. The quantitative estimate of drug-likeness (QED) is 0.118. The Morgan fingerprint density at radius 1 is 0.868 bits per heavy atom. The molecule has 1 heterocycles. The van der Waals surface area contributed by atoms with Gasteiger partial charge >= 0.3 is 18.1 Å². The van der Waals surface area contributed by atoms with Crippen LogP contribution in [-0.4, -0.2) is 67.6 Å². The molecule has 13 nitrogen and oxygen atoms in total. The highest BCUT2D eigenvalue weighted by atomic mass is 32.2. The Hall–Kier alpha value is -4.87. The lowest BCUT2D eigenvalue weighted by Gasteiger charge is -2.31. The minimum atomic E-state index is -5.41. The van der Waals surface area contributed by atoms with E-state index in [1.807, 2.05) is 36.4 Å². The topological polar surface area (TPSA) is 190 Å². The number of benzene rings is 2. The highest BCUT2D eigenvalue weighted by molar-refractivity contribution is 7.89. The summed E-state index contributed by atoms with van der Waals surface area (Å²) in [6.07, 6.45) is 1.90. The number of aryl methyl sites for hydroxylation is 1. The second-order valence-electron chi connectivity index (χ2n) is 12.6. The molecule has 0 saturated heterocycles. The number of carbonyl (C=O) groups excluding carboxylic acids is 4. The van der Waals surface area contributed by atoms with E-state index in [1.165, 1.54) is 24.3 Å². The number of alkyl halides is 3. The fourth-order valence-corrected chi connectivity index (χ4v) is 7.01. The number of nitrogens with zero attached hydrogens (tertiary/aromatic N) is 1. The van der Waals surface area contributed by atoms with Crippen molar-refractivity contribution in [3.8, 4) is 11.1 Å². The molecule has 4 N–H and O–H groups in total. The molecule has 53 heavy (non-hydrogen) atoms. The number of aliphatic hydroxyl groups is 1. The van der Waals surface area contributed by atoms with E-state index in [9.17, 15) is 40.8 Å². The molecule has 0 bridgehead atoms. The van der Waals surface area contributed by atoms with Crippen LogP contribution in [0.15, 0.2) is 78.0 Å². The Labute approximate surface area is 304 Å². The highest BCUT2D eigenvalue weighted by Gasteiger charge is 2.43. The van der Waals surface area contributed by atoms with Crippen LogP contribution in [0.4, 0.5) is 18.9 Å². The van der Waals surface area contributed by atoms with Gasteiger partial charge in [-0.2, -0.15) is 13.2 Å². The Balaban J connectivity index is 1.47. The molecular weight excluding hydrogens is 721 g/mol. The molecule has 3 aromatic rings. The molecule has 17 heteroatoms. The smallest absolute Gasteiger partial charge is 0.395 e. The van der Waals surface area contributed by atoms with Crippen molar-refractivity contribution >= 4 is 39.5 Å². The van der Waals surface area contributed by atoms with E-state index in [0.717, 1.165) is 36.0 Å². The van der Waals surface area contributed by atoms with E-state index in [1.54, 1.807) is 12.4 Å². The maximum absolute atomic E-state index is 13.8. The van der Waals surface area contributed by atoms with E-state index < -0.39 is 64.9 Å². The molecule has 1 aliphatic carbocycles. The Morgan fingerprint density at radius 3 is 2.13 bits per heavy atom. The molecule has 4 rings (SSSR count). The van der Waals surface area contributed by atoms with Gasteiger partial charge < -0.3 is 15.7 Å². The number of hydrogen-bond acceptors (Lipinski definition) is 10. The number of pyridine rings is 1. The predicted molar refractivity (Wildman–Crippen MR) is 185 cm³/mol. The molecule has 1 aliphatic rings. The fourth-order valence-electron chi connectivity index (χ4n) is 5.99. The van der Waals surface area contributed by atoms with Crippen molar-refractivity contribution in [2.75, 3.05) is 18.5 Å². The first-order valence-electron chi connectivity index (χ1n) is 17.1. The van der Waals surface area contributed by atoms with Crippen molar-refractivity contribution in [1.29, 1.82) is 0 Å². The van der Waals surface area contributed by atoms with Crippen molar-refractivity contribution in [3.63, 3.8) is 0 Å². The van der Waals surface area contributed by atoms with Crippen LogP contribution in [0.5, 0.6) is 0 Å². The first kappa shape index (κ1) is 40.9. The van der Waals surface area contributed by atoms with Gasteiger partial charge in [-0.05, 0) is 91.1 Å². The second-order valence-corrected chi connectivity index (χ2v) is 14.3. The van der Waals surface area contributed by atoms with Crippen LogP contribution >= 0.6 is 0 Å². The summed E-state index contributed by atoms with van der Waals surface area (Å²) in [5, 5.41) is 14.4. The minimum Gasteiger partial charge on any atom is -0.395 e. The lowest BCUT2D eigenvalue weighted by atomic mass is 9.83. The number of halogens is 3. The van der Waals surface area contributed by atoms with Gasteiger partial charge in [0.25, 0.3) is 0 Å². The molecule has 2 unspecified atom stereocenters. The third-order valence-electron chi connectivity index (χ3n) is 8.75. The van der Waals surface area contributed by atoms with Crippen LogP contribution in [0, 0.1) is 11.8 Å². The van der Waals surface area contributed by atoms with Gasteiger partial charge in [-0.25, -0.2) is 32.5 Å². The number of nitrogens with one attached hydrogen (secondary N) is 3. The van der Waals surface area contributed by atoms with Crippen molar-refractivity contribution < 1.29 is 55.6 Å². The van der Waals surface area contributed by atoms with Crippen molar-refractivity contribution in [2.24, 2.45) is 11.8 Å². The summed E-state index contributed by atoms with van der Waals surface area (Å²) >= 11 is 0. The van der Waals surface area contributed by atoms with E-state index in [2.05, 4.69) is 30.1 Å². The third-order valence-corrected chi connectivity index (χ3v) is 10.2. The molecule has 1 aromatic heterocycles. The number of rotatable bonds is 16. The molecule has 0 spiro atoms. The van der Waals surface area contributed by atoms with Crippen LogP contribution in [0.1, 0.15) is 56.9 Å². The van der Waals surface area contributed by atoms with E-state index in [4.69, 9.17) is 5.11 Å². The average Bonchev–Trinajstić information content (AvgIpc) is 3.15. The molecule has 0 radical (unpaired) electrons. The number of aliphatic hydroxyl groups excluding tert-OH is 1. The first-order valence-corrected chi connectivity index (χ1v) is 18.5. The minimum absolute atomic E-state index is 0.0690. The van der Waals surface area contributed by atoms with Gasteiger partial charge in [0.05, 0.1) is 17.9 Å². The van der Waals surface area contributed by atoms with Gasteiger partial charge in [0.1, 0.15) is 6.04 Å². The standard InChI is InChI=1S/C36H41F3N4O9S/c37-36(38,39)35(48)52-51-31(45)23-28(8-4-5-24-9-11-25(12-10-24)26-17-19-40-20-18-26)33(46)43-32(27-6-2-1-3-7-27)34(47)42-29-13-15-30(16-14-29)53(49,50)41-21-22-44/h9-20,27-28,32,41,44H,1-8,21-23H2,(H,42,47)(H,43,46). The van der Waals surface area contributed by atoms with Gasteiger partial charge in [-0.1, -0.05) is 43.5 Å². The fraction of sp³-hybridized carbons (Fsp3) is 0.417. The number of carbonyl (C=O) groups is 4. The van der Waals surface area contributed by atoms with Crippen LogP contribution < -0.4 is 15.4 Å². The maximum Gasteiger partial charge on any atom is 0.495 e. The molecule has 1 fully saturated rings. The largest absolute Gasteiger partial charge is 0.495 e. The normalized spacial score (nSPS) is 14.8. The molecular formula is C36H41F3N4O9S. The predicted octanol–water partition coefficient (Wildman–Crippen LogP) is 4.62. The summed E-state index contributed by atoms with van der Waals surface area (Å²) in [4.78, 5) is 62.7. The van der Waals surface area contributed by atoms with Gasteiger partial charge in [-0.3, -0.25) is 14.6 Å². The lowest BCUT2D eigenvalue weighted by Crippen LogP contribution is -2.51. The van der Waals surface area contributed by atoms with Crippen LogP contribution in [-0.2, 0) is 45.4 Å². The third kappa shape index (κ3) is 12.6. The molecule has 2 aromatic carbocycles. The summed E-state index contributed by atoms with van der Waals surface area (Å²) in [5.41, 5.74) is 3.10. The zero-order valence-electron chi connectivity index (χ0n) is 28.6. The Morgan fingerprint density at radius 2 is 1.51 bits per heavy atom. The van der Waals surface area contributed by atoms with Gasteiger partial charge in [0, 0.05) is 30.5 Å². The van der Waals surface area contributed by atoms with Crippen LogP contribution in [0.25, 0.3) is 11.1 Å². The Bertz CT molecular complexity index is 1790. The summed E-state index contributed by atoms with van der Waals surface area (Å²) in [6, 6.07) is 15.6. The lowest BCUT2D eigenvalue weighted by molar-refractivity contribution is -0.286. The number of aromatic nitrogens is 1.